The molecule has 0 aliphatic carbocycles. The third-order valence-corrected chi connectivity index (χ3v) is 5.66. The standard InChI is InChI=1S/C21H24ClFN4O2/c1-4-8-24-10-14(2)9-18-20(24)27-13-25(29-3)12-19(27)21(28)26(18)11-15-16(22)6-5-7-17(15)23/h5-7,9,12H,4,8,10-11,13H2,1-3H3. The number of fused-ring (bicyclic) bond motifs is 2. The fourth-order valence-electron chi connectivity index (χ4n) is 4.01. The number of benzene rings is 1. The van der Waals surface area contributed by atoms with Crippen LogP contribution in [-0.4, -0.2) is 52.5 Å². The number of halogens is 2. The van der Waals surface area contributed by atoms with Gasteiger partial charge in [-0.15, -0.1) is 0 Å². The van der Waals surface area contributed by atoms with E-state index in [0.29, 0.717) is 23.0 Å². The molecule has 1 aromatic rings. The molecule has 0 spiro atoms. The molecule has 6 nitrogen and oxygen atoms in total. The van der Waals surface area contributed by atoms with Gasteiger partial charge in [0.05, 0.1) is 25.6 Å². The minimum absolute atomic E-state index is 0.0606. The summed E-state index contributed by atoms with van der Waals surface area (Å²) in [4.78, 5) is 24.6. The van der Waals surface area contributed by atoms with Crippen LogP contribution >= 0.6 is 11.6 Å². The molecule has 0 aromatic heterocycles. The number of nitrogens with zero attached hydrogens (tertiary/aromatic N) is 4. The molecule has 0 radical (unpaired) electrons. The normalized spacial score (nSPS) is 18.9. The molecule has 0 saturated heterocycles. The fraction of sp³-hybridized carbons (Fsp3) is 0.381. The van der Waals surface area contributed by atoms with Crippen LogP contribution in [0.1, 0.15) is 25.8 Å². The van der Waals surface area contributed by atoms with Gasteiger partial charge < -0.3 is 4.90 Å². The monoisotopic (exact) mass is 418 g/mol. The van der Waals surface area contributed by atoms with Crippen LogP contribution in [-0.2, 0) is 16.2 Å². The summed E-state index contributed by atoms with van der Waals surface area (Å²) < 4.78 is 14.5. The van der Waals surface area contributed by atoms with Crippen molar-refractivity contribution in [2.24, 2.45) is 0 Å². The van der Waals surface area contributed by atoms with E-state index in [-0.39, 0.29) is 12.5 Å². The Morgan fingerprint density at radius 2 is 2.10 bits per heavy atom. The summed E-state index contributed by atoms with van der Waals surface area (Å²) in [6, 6.07) is 4.57. The molecule has 4 rings (SSSR count). The van der Waals surface area contributed by atoms with E-state index in [1.807, 2.05) is 17.9 Å². The Balaban J connectivity index is 1.84. The Bertz CT molecular complexity index is 922. The van der Waals surface area contributed by atoms with Gasteiger partial charge in [-0.25, -0.2) is 9.45 Å². The SMILES string of the molecule is CCCN1CC(C)=CC2=C1N1CN(OC)C=C1C(=O)N2Cc1c(F)cccc1Cl. The van der Waals surface area contributed by atoms with Crippen LogP contribution in [0.2, 0.25) is 5.02 Å². The average molecular weight is 419 g/mol. The van der Waals surface area contributed by atoms with Gasteiger partial charge in [0.2, 0.25) is 0 Å². The molecule has 154 valence electrons. The van der Waals surface area contributed by atoms with Crippen molar-refractivity contribution in [1.82, 2.24) is 19.8 Å². The smallest absolute Gasteiger partial charge is 0.277 e. The number of rotatable bonds is 5. The molecule has 8 heteroatoms. The highest BCUT2D eigenvalue weighted by Crippen LogP contribution is 2.38. The first-order valence-corrected chi connectivity index (χ1v) is 10.0. The number of amides is 1. The van der Waals surface area contributed by atoms with Gasteiger partial charge in [-0.1, -0.05) is 30.2 Å². The Hall–Kier alpha value is -2.51. The molecule has 1 amide bonds. The molecule has 29 heavy (non-hydrogen) atoms. The number of allylic oxidation sites excluding steroid dienone is 1. The molecular weight excluding hydrogens is 395 g/mol. The van der Waals surface area contributed by atoms with E-state index in [1.54, 1.807) is 35.4 Å². The van der Waals surface area contributed by atoms with Crippen LogP contribution in [0.3, 0.4) is 0 Å². The summed E-state index contributed by atoms with van der Waals surface area (Å²) in [6.45, 7) is 6.29. The highest BCUT2D eigenvalue weighted by molar-refractivity contribution is 6.31. The van der Waals surface area contributed by atoms with Crippen molar-refractivity contribution >= 4 is 17.5 Å². The van der Waals surface area contributed by atoms with Crippen LogP contribution in [0.5, 0.6) is 0 Å². The van der Waals surface area contributed by atoms with Crippen LogP contribution in [0, 0.1) is 5.82 Å². The molecule has 3 aliphatic rings. The zero-order chi connectivity index (χ0) is 20.7. The summed E-state index contributed by atoms with van der Waals surface area (Å²) in [5.74, 6) is 0.316. The average Bonchev–Trinajstić information content (AvgIpc) is 3.11. The largest absolute Gasteiger partial charge is 0.352 e. The number of carbonyl (C=O) groups is 1. The minimum atomic E-state index is -0.421. The van der Waals surface area contributed by atoms with Gasteiger partial charge in [0.15, 0.2) is 0 Å². The lowest BCUT2D eigenvalue weighted by atomic mass is 10.1. The molecular formula is C21H24ClFN4O2. The van der Waals surface area contributed by atoms with Gasteiger partial charge in [-0.2, -0.15) is 0 Å². The quantitative estimate of drug-likeness (QED) is 0.730. The van der Waals surface area contributed by atoms with Crippen molar-refractivity contribution in [3.8, 4) is 0 Å². The lowest BCUT2D eigenvalue weighted by Gasteiger charge is -2.44. The van der Waals surface area contributed by atoms with E-state index in [4.69, 9.17) is 16.4 Å². The summed E-state index contributed by atoms with van der Waals surface area (Å²) in [7, 11) is 1.57. The van der Waals surface area contributed by atoms with E-state index in [2.05, 4.69) is 11.8 Å². The molecule has 0 N–H and O–H groups in total. The van der Waals surface area contributed by atoms with Crippen molar-refractivity contribution in [1.29, 1.82) is 0 Å². The third kappa shape index (κ3) is 3.38. The van der Waals surface area contributed by atoms with Gasteiger partial charge in [0.25, 0.3) is 5.91 Å². The Labute approximate surface area is 175 Å². The van der Waals surface area contributed by atoms with Crippen molar-refractivity contribution in [3.63, 3.8) is 0 Å². The third-order valence-electron chi connectivity index (χ3n) is 5.31. The summed E-state index contributed by atoms with van der Waals surface area (Å²) >= 11 is 6.26. The second kappa shape index (κ2) is 7.72. The van der Waals surface area contributed by atoms with Crippen molar-refractivity contribution in [2.75, 3.05) is 26.9 Å². The summed E-state index contributed by atoms with van der Waals surface area (Å²) in [5.41, 5.74) is 2.72. The summed E-state index contributed by atoms with van der Waals surface area (Å²) in [6.07, 6.45) is 4.68. The molecule has 0 atom stereocenters. The first kappa shape index (κ1) is 19.8. The predicted octanol–water partition coefficient (Wildman–Crippen LogP) is 3.64. The number of hydrogen-bond acceptors (Lipinski definition) is 5. The number of hydroxylamine groups is 2. The Morgan fingerprint density at radius 3 is 2.79 bits per heavy atom. The molecule has 3 aliphatic heterocycles. The second-order valence-electron chi connectivity index (χ2n) is 7.40. The number of hydrogen-bond donors (Lipinski definition) is 0. The molecule has 0 fully saturated rings. The maximum Gasteiger partial charge on any atom is 0.277 e. The minimum Gasteiger partial charge on any atom is -0.352 e. The van der Waals surface area contributed by atoms with Crippen molar-refractivity contribution in [2.45, 2.75) is 26.8 Å². The molecule has 0 bridgehead atoms. The van der Waals surface area contributed by atoms with Crippen LogP contribution in [0.15, 0.2) is 53.3 Å². The van der Waals surface area contributed by atoms with Gasteiger partial charge >= 0.3 is 0 Å². The Morgan fingerprint density at radius 1 is 1.31 bits per heavy atom. The van der Waals surface area contributed by atoms with E-state index in [1.165, 1.54) is 6.07 Å². The zero-order valence-corrected chi connectivity index (χ0v) is 17.5. The molecule has 3 heterocycles. The van der Waals surface area contributed by atoms with Crippen molar-refractivity contribution in [3.05, 3.63) is 69.7 Å². The van der Waals surface area contributed by atoms with Gasteiger partial charge in [0, 0.05) is 23.7 Å². The lowest BCUT2D eigenvalue weighted by molar-refractivity contribution is -0.129. The molecule has 1 aromatic carbocycles. The molecule has 0 unspecified atom stereocenters. The van der Waals surface area contributed by atoms with Crippen LogP contribution < -0.4 is 0 Å². The second-order valence-corrected chi connectivity index (χ2v) is 7.80. The van der Waals surface area contributed by atoms with Gasteiger partial charge in [-0.05, 0) is 31.6 Å². The molecule has 0 saturated carbocycles. The van der Waals surface area contributed by atoms with Gasteiger partial charge in [-0.3, -0.25) is 19.4 Å². The fourth-order valence-corrected chi connectivity index (χ4v) is 4.24. The topological polar surface area (TPSA) is 39.3 Å². The lowest BCUT2D eigenvalue weighted by Crippen LogP contribution is -2.49. The van der Waals surface area contributed by atoms with Crippen molar-refractivity contribution < 1.29 is 14.0 Å². The summed E-state index contributed by atoms with van der Waals surface area (Å²) in [5, 5.41) is 1.93. The number of carbonyl (C=O) groups excluding carboxylic acids is 1. The highest BCUT2D eigenvalue weighted by Gasteiger charge is 2.43. The van der Waals surface area contributed by atoms with Gasteiger partial charge in [0.1, 0.15) is 24.0 Å². The maximum atomic E-state index is 14.5. The zero-order valence-electron chi connectivity index (χ0n) is 16.8. The predicted molar refractivity (Wildman–Crippen MR) is 108 cm³/mol. The van der Waals surface area contributed by atoms with Crippen LogP contribution in [0.25, 0.3) is 0 Å². The van der Waals surface area contributed by atoms with E-state index < -0.39 is 5.82 Å². The van der Waals surface area contributed by atoms with E-state index in [0.717, 1.165) is 36.6 Å². The Kier molecular flexibility index (Phi) is 5.27. The highest BCUT2D eigenvalue weighted by atomic mass is 35.5. The van der Waals surface area contributed by atoms with E-state index >= 15 is 0 Å². The van der Waals surface area contributed by atoms with E-state index in [9.17, 15) is 9.18 Å². The first-order chi connectivity index (χ1) is 13.9. The maximum absolute atomic E-state index is 14.5. The van der Waals surface area contributed by atoms with Crippen LogP contribution in [0.4, 0.5) is 4.39 Å². The first-order valence-electron chi connectivity index (χ1n) is 9.65.